The van der Waals surface area contributed by atoms with Gasteiger partial charge in [0.2, 0.25) is 0 Å². The summed E-state index contributed by atoms with van der Waals surface area (Å²) in [5.41, 5.74) is 1.08. The predicted molar refractivity (Wildman–Crippen MR) is 91.9 cm³/mol. The molecule has 7 nitrogen and oxygen atoms in total. The minimum Gasteiger partial charge on any atom is -0.492 e. The number of aryl methyl sites for hydroxylation is 1. The monoisotopic (exact) mass is 330 g/mol. The predicted octanol–water partition coefficient (Wildman–Crippen LogP) is 2.30. The van der Waals surface area contributed by atoms with Crippen molar-refractivity contribution in [1.82, 2.24) is 15.3 Å². The largest absolute Gasteiger partial charge is 0.492 e. The molecule has 7 heteroatoms. The molecular weight excluding hydrogens is 308 g/mol. The second-order valence-electron chi connectivity index (χ2n) is 4.99. The van der Waals surface area contributed by atoms with Crippen LogP contribution in [0.1, 0.15) is 23.2 Å². The topological polar surface area (TPSA) is 85.4 Å². The van der Waals surface area contributed by atoms with Crippen molar-refractivity contribution in [1.29, 1.82) is 0 Å². The third-order valence-electron chi connectivity index (χ3n) is 3.11. The number of hydrogen-bond acceptors (Lipinski definition) is 6. The summed E-state index contributed by atoms with van der Waals surface area (Å²) in [5, 5.41) is 5.92. The highest BCUT2D eigenvalue weighted by atomic mass is 16.5. The van der Waals surface area contributed by atoms with E-state index in [1.807, 2.05) is 31.2 Å². The lowest BCUT2D eigenvalue weighted by atomic mass is 10.3. The summed E-state index contributed by atoms with van der Waals surface area (Å²) in [5.74, 6) is 1.50. The Morgan fingerprint density at radius 3 is 2.79 bits per heavy atom. The Balaban J connectivity index is 2.18. The van der Waals surface area contributed by atoms with E-state index in [0.29, 0.717) is 37.1 Å². The molecule has 0 bridgehead atoms. The molecular formula is C17H22N4O3. The molecule has 1 aromatic carbocycles. The summed E-state index contributed by atoms with van der Waals surface area (Å²) in [4.78, 5) is 20.6. The number of ether oxygens (including phenoxy) is 2. The van der Waals surface area contributed by atoms with E-state index in [0.717, 1.165) is 11.4 Å². The second kappa shape index (κ2) is 8.83. The maximum absolute atomic E-state index is 12.1. The van der Waals surface area contributed by atoms with Crippen LogP contribution in [0, 0.1) is 6.92 Å². The molecule has 0 aliphatic carbocycles. The Hall–Kier alpha value is -2.67. The second-order valence-corrected chi connectivity index (χ2v) is 4.99. The summed E-state index contributed by atoms with van der Waals surface area (Å²) in [7, 11) is 1.58. The van der Waals surface area contributed by atoms with Gasteiger partial charge in [0.1, 0.15) is 23.1 Å². The fourth-order valence-electron chi connectivity index (χ4n) is 2.09. The van der Waals surface area contributed by atoms with E-state index in [-0.39, 0.29) is 5.91 Å². The molecule has 128 valence electrons. The number of anilines is 2. The SMILES string of the molecule is CCOc1ccccc1Nc1cc(C(=O)NCCOC)nc(C)n1. The van der Waals surface area contributed by atoms with Gasteiger partial charge in [0, 0.05) is 19.7 Å². The average molecular weight is 330 g/mol. The van der Waals surface area contributed by atoms with Crippen molar-refractivity contribution < 1.29 is 14.3 Å². The van der Waals surface area contributed by atoms with E-state index in [4.69, 9.17) is 9.47 Å². The van der Waals surface area contributed by atoms with Crippen LogP contribution in [0.5, 0.6) is 5.75 Å². The molecule has 2 aromatic rings. The van der Waals surface area contributed by atoms with Crippen molar-refractivity contribution in [3.63, 3.8) is 0 Å². The van der Waals surface area contributed by atoms with Gasteiger partial charge in [-0.2, -0.15) is 0 Å². The highest BCUT2D eigenvalue weighted by Gasteiger charge is 2.11. The molecule has 0 aliphatic heterocycles. The molecule has 0 saturated carbocycles. The van der Waals surface area contributed by atoms with Gasteiger partial charge in [0.25, 0.3) is 5.91 Å². The van der Waals surface area contributed by atoms with Crippen LogP contribution in [0.4, 0.5) is 11.5 Å². The van der Waals surface area contributed by atoms with Gasteiger partial charge in [-0.25, -0.2) is 9.97 Å². The van der Waals surface area contributed by atoms with E-state index in [1.165, 1.54) is 0 Å². The minimum absolute atomic E-state index is 0.265. The van der Waals surface area contributed by atoms with Gasteiger partial charge in [-0.3, -0.25) is 4.79 Å². The van der Waals surface area contributed by atoms with Crippen molar-refractivity contribution in [2.24, 2.45) is 0 Å². The number of benzene rings is 1. The van der Waals surface area contributed by atoms with E-state index < -0.39 is 0 Å². The number of aromatic nitrogens is 2. The smallest absolute Gasteiger partial charge is 0.270 e. The van der Waals surface area contributed by atoms with Crippen molar-refractivity contribution >= 4 is 17.4 Å². The van der Waals surface area contributed by atoms with Crippen LogP contribution in [-0.4, -0.2) is 42.7 Å². The molecule has 0 spiro atoms. The molecule has 0 saturated heterocycles. The zero-order chi connectivity index (χ0) is 17.4. The van der Waals surface area contributed by atoms with E-state index in [1.54, 1.807) is 20.1 Å². The number of methoxy groups -OCH3 is 1. The molecule has 2 N–H and O–H groups in total. The molecule has 24 heavy (non-hydrogen) atoms. The number of nitrogens with one attached hydrogen (secondary N) is 2. The van der Waals surface area contributed by atoms with Gasteiger partial charge in [-0.05, 0) is 26.0 Å². The number of carbonyl (C=O) groups is 1. The highest BCUT2D eigenvalue weighted by Crippen LogP contribution is 2.26. The van der Waals surface area contributed by atoms with Crippen LogP contribution in [0.3, 0.4) is 0 Å². The number of rotatable bonds is 8. The molecule has 1 aromatic heterocycles. The maximum Gasteiger partial charge on any atom is 0.270 e. The molecule has 1 amide bonds. The van der Waals surface area contributed by atoms with Crippen LogP contribution >= 0.6 is 0 Å². The fourth-order valence-corrected chi connectivity index (χ4v) is 2.09. The number of amides is 1. The van der Waals surface area contributed by atoms with Gasteiger partial charge in [0.15, 0.2) is 0 Å². The maximum atomic E-state index is 12.1. The van der Waals surface area contributed by atoms with Gasteiger partial charge in [-0.15, -0.1) is 0 Å². The summed E-state index contributed by atoms with van der Waals surface area (Å²) in [6, 6.07) is 9.17. The first-order chi connectivity index (χ1) is 11.6. The zero-order valence-electron chi connectivity index (χ0n) is 14.1. The summed E-state index contributed by atoms with van der Waals surface area (Å²) >= 11 is 0. The summed E-state index contributed by atoms with van der Waals surface area (Å²) in [6.45, 7) is 5.10. The van der Waals surface area contributed by atoms with Crippen molar-refractivity contribution in [2.75, 3.05) is 32.2 Å². The van der Waals surface area contributed by atoms with Gasteiger partial charge in [-0.1, -0.05) is 12.1 Å². The van der Waals surface area contributed by atoms with E-state index in [2.05, 4.69) is 20.6 Å². The lowest BCUT2D eigenvalue weighted by Crippen LogP contribution is -2.28. The van der Waals surface area contributed by atoms with E-state index >= 15 is 0 Å². The average Bonchev–Trinajstić information content (AvgIpc) is 2.56. The molecule has 0 aliphatic rings. The Labute approximate surface area is 141 Å². The van der Waals surface area contributed by atoms with Crippen LogP contribution in [0.25, 0.3) is 0 Å². The third kappa shape index (κ3) is 4.92. The van der Waals surface area contributed by atoms with Crippen LogP contribution in [0.15, 0.2) is 30.3 Å². The lowest BCUT2D eigenvalue weighted by molar-refractivity contribution is 0.0932. The first-order valence-corrected chi connectivity index (χ1v) is 7.75. The third-order valence-corrected chi connectivity index (χ3v) is 3.11. The minimum atomic E-state index is -0.265. The number of hydrogen-bond donors (Lipinski definition) is 2. The highest BCUT2D eigenvalue weighted by molar-refractivity contribution is 5.93. The first-order valence-electron chi connectivity index (χ1n) is 7.75. The Morgan fingerprint density at radius 1 is 1.25 bits per heavy atom. The van der Waals surface area contributed by atoms with Crippen LogP contribution < -0.4 is 15.4 Å². The van der Waals surface area contributed by atoms with Crippen LogP contribution in [-0.2, 0) is 4.74 Å². The van der Waals surface area contributed by atoms with Crippen molar-refractivity contribution in [3.05, 3.63) is 41.9 Å². The van der Waals surface area contributed by atoms with Crippen LogP contribution in [0.2, 0.25) is 0 Å². The van der Waals surface area contributed by atoms with Gasteiger partial charge < -0.3 is 20.1 Å². The molecule has 2 rings (SSSR count). The van der Waals surface area contributed by atoms with Gasteiger partial charge >= 0.3 is 0 Å². The fraction of sp³-hybridized carbons (Fsp3) is 0.353. The summed E-state index contributed by atoms with van der Waals surface area (Å²) < 4.78 is 10.5. The van der Waals surface area contributed by atoms with E-state index in [9.17, 15) is 4.79 Å². The van der Waals surface area contributed by atoms with Crippen molar-refractivity contribution in [3.8, 4) is 5.75 Å². The number of nitrogens with zero attached hydrogens (tertiary/aromatic N) is 2. The zero-order valence-corrected chi connectivity index (χ0v) is 14.1. The molecule has 0 atom stereocenters. The number of carbonyl (C=O) groups excluding carboxylic acids is 1. The molecule has 0 unspecified atom stereocenters. The molecule has 1 heterocycles. The molecule has 0 fully saturated rings. The summed E-state index contributed by atoms with van der Waals surface area (Å²) in [6.07, 6.45) is 0. The Kier molecular flexibility index (Phi) is 6.51. The van der Waals surface area contributed by atoms with Crippen molar-refractivity contribution in [2.45, 2.75) is 13.8 Å². The molecule has 0 radical (unpaired) electrons. The normalized spacial score (nSPS) is 10.3. The Bertz CT molecular complexity index is 691. The lowest BCUT2D eigenvalue weighted by Gasteiger charge is -2.12. The van der Waals surface area contributed by atoms with Gasteiger partial charge in [0.05, 0.1) is 18.9 Å². The standard InChI is InChI=1S/C17H22N4O3/c1-4-24-15-8-6-5-7-13(15)21-16-11-14(19-12(2)20-16)17(22)18-9-10-23-3/h5-8,11H,4,9-10H2,1-3H3,(H,18,22)(H,19,20,21). The number of para-hydroxylation sites is 2. The first kappa shape index (κ1) is 17.7. The Morgan fingerprint density at radius 2 is 2.04 bits per heavy atom. The quantitative estimate of drug-likeness (QED) is 0.723.